The van der Waals surface area contributed by atoms with E-state index in [1.165, 1.54) is 7.11 Å². The Morgan fingerprint density at radius 2 is 2.15 bits per heavy atom. The van der Waals surface area contributed by atoms with Crippen molar-refractivity contribution in [3.63, 3.8) is 0 Å². The number of nitrogens with one attached hydrogen (secondary N) is 1. The summed E-state index contributed by atoms with van der Waals surface area (Å²) in [4.78, 5) is 25.1. The molecule has 1 aromatic rings. The first-order valence-corrected chi connectivity index (χ1v) is 6.25. The maximum Gasteiger partial charge on any atom is 0.411 e. The molecular formula is C14H18N2O4. The molecule has 6 nitrogen and oxygen atoms in total. The van der Waals surface area contributed by atoms with Crippen LogP contribution in [0.15, 0.2) is 18.2 Å². The van der Waals surface area contributed by atoms with Gasteiger partial charge in [-0.3, -0.25) is 10.1 Å². The zero-order chi connectivity index (χ0) is 14.9. The molecule has 0 aliphatic carbocycles. The molecular weight excluding hydrogens is 260 g/mol. The molecule has 2 amide bonds. The van der Waals surface area contributed by atoms with Crippen LogP contribution in [0.1, 0.15) is 13.8 Å². The Labute approximate surface area is 117 Å². The number of carbonyl (C=O) groups excluding carboxylic acids is 2. The van der Waals surface area contributed by atoms with E-state index in [1.807, 2.05) is 13.8 Å². The van der Waals surface area contributed by atoms with E-state index in [-0.39, 0.29) is 5.91 Å². The Bertz CT molecular complexity index is 554. The van der Waals surface area contributed by atoms with Crippen molar-refractivity contribution in [2.45, 2.75) is 13.8 Å². The minimum atomic E-state index is -0.594. The summed E-state index contributed by atoms with van der Waals surface area (Å²) in [7, 11) is 2.99. The monoisotopic (exact) mass is 278 g/mol. The third-order valence-electron chi connectivity index (χ3n) is 3.22. The molecule has 108 valence electrons. The molecule has 0 aromatic heterocycles. The number of hydrogen-bond acceptors (Lipinski definition) is 4. The average Bonchev–Trinajstić information content (AvgIpc) is 2.50. The highest BCUT2D eigenvalue weighted by atomic mass is 16.5. The van der Waals surface area contributed by atoms with Crippen molar-refractivity contribution in [3.05, 3.63) is 18.2 Å². The molecule has 0 fully saturated rings. The second kappa shape index (κ2) is 5.03. The fraction of sp³-hybridized carbons (Fsp3) is 0.429. The van der Waals surface area contributed by atoms with Crippen molar-refractivity contribution in [1.29, 1.82) is 0 Å². The lowest BCUT2D eigenvalue weighted by atomic mass is 9.93. The van der Waals surface area contributed by atoms with E-state index in [1.54, 1.807) is 30.1 Å². The molecule has 1 heterocycles. The minimum Gasteiger partial charge on any atom is -0.490 e. The van der Waals surface area contributed by atoms with Crippen molar-refractivity contribution < 1.29 is 19.1 Å². The summed E-state index contributed by atoms with van der Waals surface area (Å²) in [5.41, 5.74) is 0.567. The lowest BCUT2D eigenvalue weighted by molar-refractivity contribution is -0.127. The summed E-state index contributed by atoms with van der Waals surface area (Å²) >= 11 is 0. The zero-order valence-electron chi connectivity index (χ0n) is 12.0. The molecule has 0 atom stereocenters. The number of ether oxygens (including phenoxy) is 2. The van der Waals surface area contributed by atoms with Crippen LogP contribution in [0.3, 0.4) is 0 Å². The van der Waals surface area contributed by atoms with E-state index in [4.69, 9.17) is 4.74 Å². The number of fused-ring (bicyclic) bond motifs is 1. The molecule has 0 radical (unpaired) electrons. The summed E-state index contributed by atoms with van der Waals surface area (Å²) in [5.74, 6) is 0.577. The van der Waals surface area contributed by atoms with Gasteiger partial charge in [-0.25, -0.2) is 4.79 Å². The van der Waals surface area contributed by atoms with Gasteiger partial charge in [0.2, 0.25) is 5.91 Å². The van der Waals surface area contributed by atoms with E-state index in [2.05, 4.69) is 10.1 Å². The van der Waals surface area contributed by atoms with Crippen molar-refractivity contribution >= 4 is 23.4 Å². The summed E-state index contributed by atoms with van der Waals surface area (Å²) in [6.07, 6.45) is -0.561. The van der Waals surface area contributed by atoms with Crippen LogP contribution in [-0.2, 0) is 9.53 Å². The maximum absolute atomic E-state index is 12.4. The molecule has 0 saturated carbocycles. The Kier molecular flexibility index (Phi) is 3.57. The van der Waals surface area contributed by atoms with Gasteiger partial charge in [0.05, 0.1) is 18.2 Å². The Morgan fingerprint density at radius 1 is 1.45 bits per heavy atom. The van der Waals surface area contributed by atoms with Crippen LogP contribution in [0.4, 0.5) is 16.2 Å². The number of nitrogens with zero attached hydrogens (tertiary/aromatic N) is 1. The normalized spacial score (nSPS) is 16.8. The van der Waals surface area contributed by atoms with Gasteiger partial charge in [-0.1, -0.05) is 0 Å². The molecule has 6 heteroatoms. The van der Waals surface area contributed by atoms with Gasteiger partial charge in [-0.15, -0.1) is 0 Å². The standard InChI is InChI=1S/C14H18N2O4/c1-14(2)8-20-11-6-5-9(15-13(18)19-4)7-10(11)16(3)12(14)17/h5-7H,8H2,1-4H3,(H,15,18). The van der Waals surface area contributed by atoms with Crippen LogP contribution in [0.25, 0.3) is 0 Å². The second-order valence-electron chi connectivity index (χ2n) is 5.34. The molecule has 0 spiro atoms. The third-order valence-corrected chi connectivity index (χ3v) is 3.22. The number of carbonyl (C=O) groups is 2. The average molecular weight is 278 g/mol. The first-order valence-electron chi connectivity index (χ1n) is 6.25. The van der Waals surface area contributed by atoms with Crippen molar-refractivity contribution in [3.8, 4) is 5.75 Å². The zero-order valence-corrected chi connectivity index (χ0v) is 12.0. The van der Waals surface area contributed by atoms with Crippen LogP contribution >= 0.6 is 0 Å². The van der Waals surface area contributed by atoms with Gasteiger partial charge in [0, 0.05) is 12.7 Å². The van der Waals surface area contributed by atoms with E-state index in [0.29, 0.717) is 23.7 Å². The van der Waals surface area contributed by atoms with Crippen LogP contribution < -0.4 is 15.0 Å². The SMILES string of the molecule is COC(=O)Nc1ccc2c(c1)N(C)C(=O)C(C)(C)CO2. The number of methoxy groups -OCH3 is 1. The molecule has 0 unspecified atom stereocenters. The van der Waals surface area contributed by atoms with Gasteiger partial charge >= 0.3 is 6.09 Å². The smallest absolute Gasteiger partial charge is 0.411 e. The number of amides is 2. The topological polar surface area (TPSA) is 67.9 Å². The van der Waals surface area contributed by atoms with E-state index in [9.17, 15) is 9.59 Å². The fourth-order valence-electron chi connectivity index (χ4n) is 2.03. The van der Waals surface area contributed by atoms with Crippen molar-refractivity contribution in [2.24, 2.45) is 5.41 Å². The van der Waals surface area contributed by atoms with Gasteiger partial charge in [-0.05, 0) is 32.0 Å². The molecule has 0 saturated heterocycles. The van der Waals surface area contributed by atoms with Gasteiger partial charge < -0.3 is 14.4 Å². The fourth-order valence-corrected chi connectivity index (χ4v) is 2.03. The third kappa shape index (κ3) is 2.54. The van der Waals surface area contributed by atoms with Crippen LogP contribution in [0, 0.1) is 5.41 Å². The minimum absolute atomic E-state index is 0.0357. The molecule has 0 bridgehead atoms. The molecule has 2 rings (SSSR count). The lowest BCUT2D eigenvalue weighted by Crippen LogP contribution is -2.39. The maximum atomic E-state index is 12.4. The van der Waals surface area contributed by atoms with Crippen molar-refractivity contribution in [1.82, 2.24) is 0 Å². The second-order valence-corrected chi connectivity index (χ2v) is 5.34. The van der Waals surface area contributed by atoms with E-state index < -0.39 is 11.5 Å². The lowest BCUT2D eigenvalue weighted by Gasteiger charge is -2.24. The number of benzene rings is 1. The summed E-state index contributed by atoms with van der Waals surface area (Å²) < 4.78 is 10.2. The summed E-state index contributed by atoms with van der Waals surface area (Å²) in [6.45, 7) is 3.99. The molecule has 1 aliphatic rings. The van der Waals surface area contributed by atoms with Gasteiger partial charge in [0.25, 0.3) is 0 Å². The summed E-state index contributed by atoms with van der Waals surface area (Å²) in [6, 6.07) is 5.11. The highest BCUT2D eigenvalue weighted by Crippen LogP contribution is 2.37. The van der Waals surface area contributed by atoms with Gasteiger partial charge in [-0.2, -0.15) is 0 Å². The molecule has 1 N–H and O–H groups in total. The number of hydrogen-bond donors (Lipinski definition) is 1. The Hall–Kier alpha value is -2.24. The van der Waals surface area contributed by atoms with Crippen LogP contribution in [0.5, 0.6) is 5.75 Å². The Balaban J connectivity index is 2.37. The predicted octanol–water partition coefficient (Wildman–Crippen LogP) is 2.25. The molecule has 1 aromatic carbocycles. The largest absolute Gasteiger partial charge is 0.490 e. The number of anilines is 2. The van der Waals surface area contributed by atoms with Crippen molar-refractivity contribution in [2.75, 3.05) is 31.0 Å². The van der Waals surface area contributed by atoms with Gasteiger partial charge in [0.1, 0.15) is 12.4 Å². The quantitative estimate of drug-likeness (QED) is 0.855. The highest BCUT2D eigenvalue weighted by molar-refractivity contribution is 5.99. The first kappa shape index (κ1) is 14.2. The van der Waals surface area contributed by atoms with E-state index >= 15 is 0 Å². The summed E-state index contributed by atoms with van der Waals surface area (Å²) in [5, 5.41) is 2.56. The predicted molar refractivity (Wildman–Crippen MR) is 75.2 cm³/mol. The van der Waals surface area contributed by atoms with Crippen LogP contribution in [0.2, 0.25) is 0 Å². The molecule has 1 aliphatic heterocycles. The highest BCUT2D eigenvalue weighted by Gasteiger charge is 2.36. The van der Waals surface area contributed by atoms with Crippen LogP contribution in [-0.4, -0.2) is 32.8 Å². The number of rotatable bonds is 1. The van der Waals surface area contributed by atoms with Gasteiger partial charge in [0.15, 0.2) is 0 Å². The Morgan fingerprint density at radius 3 is 2.80 bits per heavy atom. The first-order chi connectivity index (χ1) is 9.35. The van der Waals surface area contributed by atoms with E-state index in [0.717, 1.165) is 0 Å². The molecule has 20 heavy (non-hydrogen) atoms.